The minimum atomic E-state index is -0.771. The first-order valence-corrected chi connectivity index (χ1v) is 15.2. The number of anilines is 1. The average molecular weight is 581 g/mol. The Morgan fingerprint density at radius 2 is 1.95 bits per heavy atom. The predicted octanol–water partition coefficient (Wildman–Crippen LogP) is 3.48. The molecule has 41 heavy (non-hydrogen) atoms. The molecule has 0 spiro atoms. The summed E-state index contributed by atoms with van der Waals surface area (Å²) in [5.41, 5.74) is 4.87. The molecule has 220 valence electrons. The molecule has 2 saturated heterocycles. The molecule has 1 aromatic carbocycles. The van der Waals surface area contributed by atoms with Crippen molar-refractivity contribution in [3.05, 3.63) is 52.9 Å². The van der Waals surface area contributed by atoms with Crippen molar-refractivity contribution < 1.29 is 19.2 Å². The first-order valence-electron chi connectivity index (χ1n) is 14.4. The van der Waals surface area contributed by atoms with E-state index in [-0.39, 0.29) is 36.7 Å². The van der Waals surface area contributed by atoms with Gasteiger partial charge in [0.05, 0.1) is 28.2 Å². The van der Waals surface area contributed by atoms with E-state index in [1.807, 2.05) is 63.5 Å². The van der Waals surface area contributed by atoms with Gasteiger partial charge in [-0.25, -0.2) is 4.98 Å². The van der Waals surface area contributed by atoms with Crippen LogP contribution in [0.15, 0.2) is 40.4 Å². The molecule has 11 heteroatoms. The lowest BCUT2D eigenvalue weighted by Gasteiger charge is -2.31. The first-order chi connectivity index (χ1) is 19.6. The topological polar surface area (TPSA) is 124 Å². The van der Waals surface area contributed by atoms with Crippen molar-refractivity contribution >= 4 is 29.0 Å². The first kappa shape index (κ1) is 29.2. The fourth-order valence-corrected chi connectivity index (χ4v) is 6.64. The number of thiazole rings is 1. The fourth-order valence-electron chi connectivity index (χ4n) is 5.83. The molecule has 2 amide bonds. The number of rotatable bonds is 8. The van der Waals surface area contributed by atoms with E-state index in [1.165, 1.54) is 4.90 Å². The summed E-state index contributed by atoms with van der Waals surface area (Å²) in [6.45, 7) is 12.5. The van der Waals surface area contributed by atoms with Crippen LogP contribution in [-0.2, 0) is 9.59 Å². The van der Waals surface area contributed by atoms with E-state index in [9.17, 15) is 14.7 Å². The van der Waals surface area contributed by atoms with Gasteiger partial charge in [-0.3, -0.25) is 9.59 Å². The molecule has 0 bridgehead atoms. The molecule has 5 atom stereocenters. The highest BCUT2D eigenvalue weighted by molar-refractivity contribution is 7.13. The summed E-state index contributed by atoms with van der Waals surface area (Å²) in [4.78, 5) is 36.5. The van der Waals surface area contributed by atoms with Gasteiger partial charge in [0.2, 0.25) is 11.8 Å². The van der Waals surface area contributed by atoms with E-state index in [0.717, 1.165) is 41.3 Å². The van der Waals surface area contributed by atoms with Crippen molar-refractivity contribution in [1.82, 2.24) is 25.7 Å². The molecular formula is C30H40N6O4S. The third-order valence-electron chi connectivity index (χ3n) is 8.09. The number of aryl methyl sites for hydroxylation is 1. The number of carbonyl (C=O) groups excluding carboxylic acids is 2. The second kappa shape index (κ2) is 12.3. The molecule has 4 heterocycles. The maximum atomic E-state index is 13.9. The summed E-state index contributed by atoms with van der Waals surface area (Å²) in [5.74, 6) is -0.0155. The maximum Gasteiger partial charge on any atom is 0.243 e. The number of amides is 2. The van der Waals surface area contributed by atoms with Crippen LogP contribution in [0.25, 0.3) is 10.4 Å². The van der Waals surface area contributed by atoms with Crippen molar-refractivity contribution in [2.24, 2.45) is 5.92 Å². The lowest BCUT2D eigenvalue weighted by molar-refractivity contribution is -0.141. The third kappa shape index (κ3) is 6.32. The Bertz CT molecular complexity index is 1350. The number of hydrogen-bond acceptors (Lipinski definition) is 9. The summed E-state index contributed by atoms with van der Waals surface area (Å²) >= 11 is 1.60. The molecule has 2 unspecified atom stereocenters. The van der Waals surface area contributed by atoms with Gasteiger partial charge in [0.15, 0.2) is 11.6 Å². The van der Waals surface area contributed by atoms with Gasteiger partial charge in [-0.1, -0.05) is 43.3 Å². The number of hydrogen-bond donors (Lipinski definition) is 3. The maximum absolute atomic E-state index is 13.9. The average Bonchev–Trinajstić information content (AvgIpc) is 3.69. The minimum absolute atomic E-state index is 0.0914. The Balaban J connectivity index is 1.28. The highest BCUT2D eigenvalue weighted by Crippen LogP contribution is 2.33. The van der Waals surface area contributed by atoms with Gasteiger partial charge >= 0.3 is 0 Å². The van der Waals surface area contributed by atoms with Gasteiger partial charge in [0.1, 0.15) is 12.0 Å². The van der Waals surface area contributed by atoms with Crippen LogP contribution in [0.3, 0.4) is 0 Å². The number of β-amino-alcohol motifs (C(OH)–C–C–N with tert-alkyl or cyclic N) is 1. The van der Waals surface area contributed by atoms with Gasteiger partial charge in [0, 0.05) is 44.7 Å². The Hall–Kier alpha value is -3.28. The molecule has 0 radical (unpaired) electrons. The fraction of sp³-hybridized carbons (Fsp3) is 0.533. The number of piperazine rings is 1. The molecule has 3 aromatic rings. The number of carbonyl (C=O) groups is 2. The lowest BCUT2D eigenvalue weighted by Crippen LogP contribution is -2.49. The molecule has 2 aliphatic heterocycles. The molecule has 2 aliphatic rings. The quantitative estimate of drug-likeness (QED) is 0.370. The van der Waals surface area contributed by atoms with Crippen LogP contribution < -0.4 is 15.5 Å². The highest BCUT2D eigenvalue weighted by Gasteiger charge is 2.43. The van der Waals surface area contributed by atoms with E-state index >= 15 is 0 Å². The van der Waals surface area contributed by atoms with E-state index in [0.29, 0.717) is 17.6 Å². The predicted molar refractivity (Wildman–Crippen MR) is 159 cm³/mol. The number of benzene rings is 1. The zero-order valence-corrected chi connectivity index (χ0v) is 25.1. The number of aliphatic hydroxyl groups is 1. The second-order valence-electron chi connectivity index (χ2n) is 11.6. The number of nitrogens with zero attached hydrogens (tertiary/aromatic N) is 4. The van der Waals surface area contributed by atoms with Crippen LogP contribution in [0.2, 0.25) is 0 Å². The summed E-state index contributed by atoms with van der Waals surface area (Å²) in [6.07, 6.45) is -0.577. The van der Waals surface area contributed by atoms with Gasteiger partial charge in [0.25, 0.3) is 0 Å². The van der Waals surface area contributed by atoms with Crippen LogP contribution >= 0.6 is 11.3 Å². The largest absolute Gasteiger partial charge is 0.391 e. The van der Waals surface area contributed by atoms with Gasteiger partial charge < -0.3 is 30.1 Å². The van der Waals surface area contributed by atoms with E-state index in [4.69, 9.17) is 4.52 Å². The molecule has 2 aromatic heterocycles. The summed E-state index contributed by atoms with van der Waals surface area (Å²) in [6, 6.07) is 9.22. The Labute approximate surface area is 245 Å². The molecule has 2 fully saturated rings. The van der Waals surface area contributed by atoms with Crippen molar-refractivity contribution in [3.63, 3.8) is 0 Å². The van der Waals surface area contributed by atoms with Crippen LogP contribution in [0, 0.1) is 12.8 Å². The Kier molecular flexibility index (Phi) is 8.77. The number of likely N-dealkylation sites (tertiary alicyclic amines) is 1. The van der Waals surface area contributed by atoms with Crippen LogP contribution in [0.1, 0.15) is 63.1 Å². The number of nitrogens with one attached hydrogen (secondary N) is 2. The smallest absolute Gasteiger partial charge is 0.243 e. The molecule has 0 aliphatic carbocycles. The SMILES string of the molecule is Cc1ncsc1-c1ccc(C(C)NC(=O)[C@@H]2C[C@@H](O)CN2C(=O)C(c2cc(N3CCN[C@H](C)C3)no2)C(C)C)cc1. The Morgan fingerprint density at radius 3 is 2.61 bits per heavy atom. The molecule has 3 N–H and O–H groups in total. The standard InChI is InChI=1S/C30H40N6O4S/c1-17(2)27(25-13-26(34-40-25)35-11-10-31-18(3)14-35)30(39)36-15-23(37)12-24(36)29(38)33-19(4)21-6-8-22(9-7-21)28-20(5)32-16-41-28/h6-9,13,16-19,23-24,27,31,37H,10-12,14-15H2,1-5H3,(H,33,38)/t18-,19?,23-,24+,27?/m1/s1. The zero-order chi connectivity index (χ0) is 29.3. The number of aromatic nitrogens is 2. The molecular weight excluding hydrogens is 540 g/mol. The number of aliphatic hydroxyl groups excluding tert-OH is 1. The van der Waals surface area contributed by atoms with Crippen molar-refractivity contribution in [2.75, 3.05) is 31.1 Å². The lowest BCUT2D eigenvalue weighted by atomic mass is 9.91. The van der Waals surface area contributed by atoms with Gasteiger partial charge in [-0.15, -0.1) is 11.3 Å². The second-order valence-corrected chi connectivity index (χ2v) is 12.5. The summed E-state index contributed by atoms with van der Waals surface area (Å²) in [7, 11) is 0. The van der Waals surface area contributed by atoms with E-state index in [2.05, 4.69) is 32.6 Å². The Morgan fingerprint density at radius 1 is 1.20 bits per heavy atom. The molecule has 0 saturated carbocycles. The molecule has 5 rings (SSSR count). The van der Waals surface area contributed by atoms with Crippen molar-refractivity contribution in [3.8, 4) is 10.4 Å². The third-order valence-corrected chi connectivity index (χ3v) is 9.07. The zero-order valence-electron chi connectivity index (χ0n) is 24.3. The van der Waals surface area contributed by atoms with Crippen molar-refractivity contribution in [2.45, 2.75) is 71.2 Å². The van der Waals surface area contributed by atoms with E-state index in [1.54, 1.807) is 11.3 Å². The highest BCUT2D eigenvalue weighted by atomic mass is 32.1. The van der Waals surface area contributed by atoms with Gasteiger partial charge in [-0.2, -0.15) is 0 Å². The van der Waals surface area contributed by atoms with Crippen molar-refractivity contribution in [1.29, 1.82) is 0 Å². The van der Waals surface area contributed by atoms with Crippen LogP contribution in [0.4, 0.5) is 5.82 Å². The summed E-state index contributed by atoms with van der Waals surface area (Å²) in [5, 5.41) is 21.3. The van der Waals surface area contributed by atoms with Gasteiger partial charge in [-0.05, 0) is 37.8 Å². The van der Waals surface area contributed by atoms with Crippen LogP contribution in [-0.4, -0.2) is 76.3 Å². The minimum Gasteiger partial charge on any atom is -0.391 e. The monoisotopic (exact) mass is 580 g/mol. The molecule has 10 nitrogen and oxygen atoms in total. The summed E-state index contributed by atoms with van der Waals surface area (Å²) < 4.78 is 5.72. The van der Waals surface area contributed by atoms with Crippen LogP contribution in [0.5, 0.6) is 0 Å². The van der Waals surface area contributed by atoms with E-state index < -0.39 is 18.1 Å². The normalized spacial score (nSPS) is 22.7.